The van der Waals surface area contributed by atoms with Gasteiger partial charge in [-0.3, -0.25) is 4.79 Å². The number of carbonyl (C=O) groups is 2. The van der Waals surface area contributed by atoms with Crippen LogP contribution in [0.1, 0.15) is 10.4 Å². The van der Waals surface area contributed by atoms with Crippen LogP contribution in [0.4, 0.5) is 5.69 Å². The van der Waals surface area contributed by atoms with Crippen molar-refractivity contribution in [2.45, 2.75) is 0 Å². The van der Waals surface area contributed by atoms with E-state index in [1.807, 2.05) is 48.5 Å². The molecule has 1 amide bonds. The Bertz CT molecular complexity index is 960. The fourth-order valence-electron chi connectivity index (χ4n) is 2.69. The first kappa shape index (κ1) is 20.9. The van der Waals surface area contributed by atoms with Gasteiger partial charge in [0.25, 0.3) is 5.91 Å². The van der Waals surface area contributed by atoms with E-state index in [2.05, 4.69) is 0 Å². The van der Waals surface area contributed by atoms with Crippen molar-refractivity contribution in [3.05, 3.63) is 90.5 Å². The van der Waals surface area contributed by atoms with E-state index in [4.69, 9.17) is 14.2 Å². The molecule has 0 aromatic heterocycles. The molecule has 0 aliphatic carbocycles. The highest BCUT2D eigenvalue weighted by atomic mass is 16.5. The van der Waals surface area contributed by atoms with E-state index < -0.39 is 5.97 Å². The topological polar surface area (TPSA) is 65.1 Å². The molecule has 0 heterocycles. The van der Waals surface area contributed by atoms with Crippen molar-refractivity contribution in [1.29, 1.82) is 0 Å². The largest absolute Gasteiger partial charge is 0.490 e. The summed E-state index contributed by atoms with van der Waals surface area (Å²) in [5.41, 5.74) is 0.980. The van der Waals surface area contributed by atoms with Crippen LogP contribution in [0.15, 0.2) is 84.9 Å². The number of nitrogens with zero attached hydrogens (tertiary/aromatic N) is 1. The average Bonchev–Trinajstić information content (AvgIpc) is 2.81. The highest BCUT2D eigenvalue weighted by Gasteiger charge is 2.17. The summed E-state index contributed by atoms with van der Waals surface area (Å²) < 4.78 is 16.5. The molecule has 30 heavy (non-hydrogen) atoms. The molecular formula is C24H23NO5. The van der Waals surface area contributed by atoms with E-state index >= 15 is 0 Å². The summed E-state index contributed by atoms with van der Waals surface area (Å²) in [5.74, 6) is 0.173. The second-order valence-electron chi connectivity index (χ2n) is 6.37. The number of likely N-dealkylation sites (N-methyl/N-ethyl adjacent to an activating group) is 1. The van der Waals surface area contributed by atoms with Crippen LogP contribution in [0.2, 0.25) is 0 Å². The Kier molecular flexibility index (Phi) is 7.44. The quantitative estimate of drug-likeness (QED) is 0.398. The Morgan fingerprint density at radius 3 is 2.10 bits per heavy atom. The van der Waals surface area contributed by atoms with Crippen molar-refractivity contribution in [1.82, 2.24) is 0 Å². The standard InChI is InChI=1S/C24H23NO5/c1-25(19-10-4-2-5-11-19)23(26)18-30-24(27)21-14-8-9-15-22(21)29-17-16-28-20-12-6-3-7-13-20/h2-15H,16-18H2,1H3. The van der Waals surface area contributed by atoms with Crippen LogP contribution < -0.4 is 14.4 Å². The summed E-state index contributed by atoms with van der Waals surface area (Å²) in [7, 11) is 1.63. The van der Waals surface area contributed by atoms with Crippen LogP contribution in [0, 0.1) is 0 Å². The van der Waals surface area contributed by atoms with Crippen molar-refractivity contribution < 1.29 is 23.8 Å². The zero-order valence-corrected chi connectivity index (χ0v) is 16.7. The molecular weight excluding hydrogens is 382 g/mol. The molecule has 0 aliphatic heterocycles. The second-order valence-corrected chi connectivity index (χ2v) is 6.37. The molecule has 3 rings (SSSR count). The van der Waals surface area contributed by atoms with Gasteiger partial charge in [-0.2, -0.15) is 0 Å². The number of rotatable bonds is 9. The minimum absolute atomic E-state index is 0.257. The van der Waals surface area contributed by atoms with E-state index in [0.717, 1.165) is 11.4 Å². The van der Waals surface area contributed by atoms with Gasteiger partial charge in [0.15, 0.2) is 6.61 Å². The van der Waals surface area contributed by atoms with E-state index in [9.17, 15) is 9.59 Å². The maximum atomic E-state index is 12.5. The number of hydrogen-bond donors (Lipinski definition) is 0. The van der Waals surface area contributed by atoms with Gasteiger partial charge in [-0.1, -0.05) is 48.5 Å². The molecule has 0 unspecified atom stereocenters. The van der Waals surface area contributed by atoms with Crippen molar-refractivity contribution >= 4 is 17.6 Å². The van der Waals surface area contributed by atoms with Crippen LogP contribution in [-0.2, 0) is 9.53 Å². The van der Waals surface area contributed by atoms with Gasteiger partial charge in [0.05, 0.1) is 0 Å². The third-order valence-electron chi connectivity index (χ3n) is 4.30. The number of amides is 1. The van der Waals surface area contributed by atoms with Gasteiger partial charge in [-0.25, -0.2) is 4.79 Å². The molecule has 3 aromatic carbocycles. The summed E-state index contributed by atoms with van der Waals surface area (Å²) in [6, 6.07) is 25.3. The third-order valence-corrected chi connectivity index (χ3v) is 4.30. The molecule has 154 valence electrons. The number of benzene rings is 3. The van der Waals surface area contributed by atoms with Gasteiger partial charge in [0.1, 0.15) is 30.3 Å². The average molecular weight is 405 g/mol. The molecule has 0 spiro atoms. The predicted molar refractivity (Wildman–Crippen MR) is 114 cm³/mol. The van der Waals surface area contributed by atoms with Gasteiger partial charge in [0, 0.05) is 12.7 Å². The van der Waals surface area contributed by atoms with Crippen LogP contribution >= 0.6 is 0 Å². The lowest BCUT2D eigenvalue weighted by molar-refractivity contribution is -0.121. The molecule has 0 bridgehead atoms. The fourth-order valence-corrected chi connectivity index (χ4v) is 2.69. The Morgan fingerprint density at radius 2 is 1.37 bits per heavy atom. The first-order chi connectivity index (χ1) is 14.6. The first-order valence-corrected chi connectivity index (χ1v) is 9.53. The monoisotopic (exact) mass is 405 g/mol. The number of ether oxygens (including phenoxy) is 3. The second kappa shape index (κ2) is 10.7. The Balaban J connectivity index is 1.51. The van der Waals surface area contributed by atoms with Gasteiger partial charge in [-0.15, -0.1) is 0 Å². The number of carbonyl (C=O) groups excluding carboxylic acids is 2. The summed E-state index contributed by atoms with van der Waals surface area (Å²) >= 11 is 0. The first-order valence-electron chi connectivity index (χ1n) is 9.53. The SMILES string of the molecule is CN(C(=O)COC(=O)c1ccccc1OCCOc1ccccc1)c1ccccc1. The summed E-state index contributed by atoms with van der Waals surface area (Å²) in [6.45, 7) is 0.221. The molecule has 3 aromatic rings. The van der Waals surface area contributed by atoms with Crippen molar-refractivity contribution in [3.63, 3.8) is 0 Å². The van der Waals surface area contributed by atoms with Crippen LogP contribution in [0.5, 0.6) is 11.5 Å². The van der Waals surface area contributed by atoms with Crippen LogP contribution in [-0.4, -0.2) is 38.7 Å². The number of anilines is 1. The van der Waals surface area contributed by atoms with E-state index in [1.54, 1.807) is 43.4 Å². The summed E-state index contributed by atoms with van der Waals surface area (Å²) in [6.07, 6.45) is 0. The molecule has 0 saturated heterocycles. The molecule has 6 nitrogen and oxygen atoms in total. The van der Waals surface area contributed by atoms with Crippen LogP contribution in [0.25, 0.3) is 0 Å². The lowest BCUT2D eigenvalue weighted by Gasteiger charge is -2.17. The lowest BCUT2D eigenvalue weighted by atomic mass is 10.2. The number of para-hydroxylation sites is 3. The fraction of sp³-hybridized carbons (Fsp3) is 0.167. The molecule has 6 heteroatoms. The zero-order chi connectivity index (χ0) is 21.2. The summed E-state index contributed by atoms with van der Waals surface area (Å²) in [4.78, 5) is 26.2. The summed E-state index contributed by atoms with van der Waals surface area (Å²) in [5, 5.41) is 0. The van der Waals surface area contributed by atoms with Crippen LogP contribution in [0.3, 0.4) is 0 Å². The van der Waals surface area contributed by atoms with Gasteiger partial charge in [0.2, 0.25) is 0 Å². The molecule has 0 aliphatic rings. The lowest BCUT2D eigenvalue weighted by Crippen LogP contribution is -2.31. The molecule has 0 fully saturated rings. The van der Waals surface area contributed by atoms with Gasteiger partial charge < -0.3 is 19.1 Å². The third kappa shape index (κ3) is 5.85. The maximum Gasteiger partial charge on any atom is 0.342 e. The normalized spacial score (nSPS) is 10.2. The van der Waals surface area contributed by atoms with E-state index in [0.29, 0.717) is 12.4 Å². The van der Waals surface area contributed by atoms with Gasteiger partial charge in [-0.05, 0) is 36.4 Å². The Hall–Kier alpha value is -3.80. The smallest absolute Gasteiger partial charge is 0.342 e. The minimum Gasteiger partial charge on any atom is -0.490 e. The maximum absolute atomic E-state index is 12.5. The van der Waals surface area contributed by atoms with Crippen molar-refractivity contribution in [3.8, 4) is 11.5 Å². The number of esters is 1. The Morgan fingerprint density at radius 1 is 0.767 bits per heavy atom. The molecule has 0 atom stereocenters. The van der Waals surface area contributed by atoms with E-state index in [1.165, 1.54) is 4.90 Å². The zero-order valence-electron chi connectivity index (χ0n) is 16.7. The molecule has 0 saturated carbocycles. The highest BCUT2D eigenvalue weighted by molar-refractivity contribution is 5.97. The minimum atomic E-state index is -0.621. The molecule has 0 N–H and O–H groups in total. The van der Waals surface area contributed by atoms with Crippen molar-refractivity contribution in [2.75, 3.05) is 31.8 Å². The predicted octanol–water partition coefficient (Wildman–Crippen LogP) is 3.96. The van der Waals surface area contributed by atoms with Crippen molar-refractivity contribution in [2.24, 2.45) is 0 Å². The highest BCUT2D eigenvalue weighted by Crippen LogP contribution is 2.19. The Labute approximate surface area is 175 Å². The van der Waals surface area contributed by atoms with E-state index in [-0.39, 0.29) is 24.7 Å². The van der Waals surface area contributed by atoms with Gasteiger partial charge >= 0.3 is 5.97 Å². The molecule has 0 radical (unpaired) electrons. The number of hydrogen-bond acceptors (Lipinski definition) is 5.